The second-order valence-electron chi connectivity index (χ2n) is 5.43. The molecule has 0 spiro atoms. The summed E-state index contributed by atoms with van der Waals surface area (Å²) in [4.78, 5) is 12.2. The molecule has 0 unspecified atom stereocenters. The molecule has 1 aromatic heterocycles. The van der Waals surface area contributed by atoms with E-state index in [0.717, 1.165) is 0 Å². The number of nitrogens with zero attached hydrogens (tertiary/aromatic N) is 2. The van der Waals surface area contributed by atoms with E-state index < -0.39 is 17.9 Å². The first kappa shape index (κ1) is 16.8. The largest absolute Gasteiger partial charge is 0.496 e. The Labute approximate surface area is 134 Å². The van der Waals surface area contributed by atoms with Gasteiger partial charge in [0, 0.05) is 12.1 Å². The van der Waals surface area contributed by atoms with Crippen LogP contribution in [0.3, 0.4) is 0 Å². The summed E-state index contributed by atoms with van der Waals surface area (Å²) in [5.41, 5.74) is 0.308. The van der Waals surface area contributed by atoms with Crippen molar-refractivity contribution in [3.8, 4) is 5.75 Å². The second-order valence-corrected chi connectivity index (χ2v) is 5.43. The van der Waals surface area contributed by atoms with Crippen LogP contribution in [0.2, 0.25) is 0 Å². The predicted molar refractivity (Wildman–Crippen MR) is 86.1 cm³/mol. The van der Waals surface area contributed by atoms with Crippen molar-refractivity contribution in [3.05, 3.63) is 41.8 Å². The quantitative estimate of drug-likeness (QED) is 0.886. The third-order valence-corrected chi connectivity index (χ3v) is 3.41. The molecule has 0 saturated heterocycles. The molecule has 2 aromatic rings. The first-order valence-electron chi connectivity index (χ1n) is 7.37. The molecule has 2 amide bonds. The number of hydrogen-bond acceptors (Lipinski definition) is 3. The van der Waals surface area contributed by atoms with Gasteiger partial charge in [-0.2, -0.15) is 5.10 Å². The summed E-state index contributed by atoms with van der Waals surface area (Å²) in [7, 11) is 1.46. The summed E-state index contributed by atoms with van der Waals surface area (Å²) in [6, 6.07) is 5.38. The highest BCUT2D eigenvalue weighted by Gasteiger charge is 2.19. The Morgan fingerprint density at radius 1 is 1.30 bits per heavy atom. The molecule has 124 valence electrons. The Bertz CT molecular complexity index is 684. The molecule has 6 nitrogen and oxygen atoms in total. The molecule has 23 heavy (non-hydrogen) atoms. The summed E-state index contributed by atoms with van der Waals surface area (Å²) in [5, 5.41) is 9.56. The van der Waals surface area contributed by atoms with Gasteiger partial charge in [0.05, 0.1) is 24.9 Å². The lowest BCUT2D eigenvalue weighted by molar-refractivity contribution is 0.248. The van der Waals surface area contributed by atoms with Crippen molar-refractivity contribution >= 4 is 11.8 Å². The Kier molecular flexibility index (Phi) is 5.20. The minimum absolute atomic E-state index is 0.115. The highest BCUT2D eigenvalue weighted by atomic mass is 19.1. The number of halogens is 1. The Morgan fingerprint density at radius 2 is 2.04 bits per heavy atom. The summed E-state index contributed by atoms with van der Waals surface area (Å²) < 4.78 is 20.9. The maximum Gasteiger partial charge on any atom is 0.320 e. The van der Waals surface area contributed by atoms with E-state index in [2.05, 4.69) is 15.7 Å². The molecule has 1 heterocycles. The van der Waals surface area contributed by atoms with Gasteiger partial charge in [-0.25, -0.2) is 13.9 Å². The number of urea groups is 1. The Hall–Kier alpha value is -2.57. The van der Waals surface area contributed by atoms with Crippen LogP contribution < -0.4 is 15.4 Å². The van der Waals surface area contributed by atoms with Gasteiger partial charge in [-0.05, 0) is 32.9 Å². The van der Waals surface area contributed by atoms with E-state index in [1.165, 1.54) is 13.2 Å². The van der Waals surface area contributed by atoms with Crippen molar-refractivity contribution in [2.24, 2.45) is 0 Å². The monoisotopic (exact) mass is 320 g/mol. The fourth-order valence-electron chi connectivity index (χ4n) is 2.36. The van der Waals surface area contributed by atoms with Gasteiger partial charge >= 0.3 is 6.03 Å². The van der Waals surface area contributed by atoms with E-state index in [1.807, 2.05) is 13.8 Å². The zero-order valence-electron chi connectivity index (χ0n) is 13.6. The molecular weight excluding hydrogens is 299 g/mol. The van der Waals surface area contributed by atoms with Crippen LogP contribution in [-0.2, 0) is 0 Å². The summed E-state index contributed by atoms with van der Waals surface area (Å²) >= 11 is 0. The van der Waals surface area contributed by atoms with Crippen molar-refractivity contribution in [1.29, 1.82) is 0 Å². The van der Waals surface area contributed by atoms with Crippen molar-refractivity contribution in [3.63, 3.8) is 0 Å². The maximum absolute atomic E-state index is 14.0. The lowest BCUT2D eigenvalue weighted by Gasteiger charge is -2.19. The molecule has 0 bridgehead atoms. The number of aromatic nitrogens is 2. The molecule has 2 rings (SSSR count). The normalized spacial score (nSPS) is 12.1. The van der Waals surface area contributed by atoms with E-state index in [9.17, 15) is 9.18 Å². The maximum atomic E-state index is 14.0. The van der Waals surface area contributed by atoms with Gasteiger partial charge in [-0.3, -0.25) is 5.32 Å². The summed E-state index contributed by atoms with van der Waals surface area (Å²) in [6.45, 7) is 5.62. The van der Waals surface area contributed by atoms with Crippen molar-refractivity contribution in [2.75, 3.05) is 12.4 Å². The minimum Gasteiger partial charge on any atom is -0.496 e. The minimum atomic E-state index is -0.554. The lowest BCUT2D eigenvalue weighted by Crippen LogP contribution is -2.32. The Balaban J connectivity index is 2.10. The van der Waals surface area contributed by atoms with Crippen LogP contribution in [0.5, 0.6) is 5.75 Å². The van der Waals surface area contributed by atoms with Crippen molar-refractivity contribution < 1.29 is 13.9 Å². The molecule has 1 atom stereocenters. The number of methoxy groups -OCH3 is 1. The van der Waals surface area contributed by atoms with E-state index in [4.69, 9.17) is 4.74 Å². The number of carbonyl (C=O) groups excluding carboxylic acids is 1. The second kappa shape index (κ2) is 7.13. The van der Waals surface area contributed by atoms with Crippen LogP contribution in [0, 0.1) is 5.82 Å². The number of benzene rings is 1. The topological polar surface area (TPSA) is 68.2 Å². The molecule has 7 heteroatoms. The fourth-order valence-corrected chi connectivity index (χ4v) is 2.36. The number of nitrogens with one attached hydrogen (secondary N) is 2. The molecule has 0 aliphatic carbocycles. The zero-order valence-corrected chi connectivity index (χ0v) is 13.6. The fraction of sp³-hybridized carbons (Fsp3) is 0.375. The SMILES string of the molecule is COc1cccc(F)c1[C@@H](C)NC(=O)Nc1ccnn1C(C)C. The molecule has 0 aliphatic heterocycles. The van der Waals surface area contributed by atoms with Crippen LogP contribution in [0.25, 0.3) is 0 Å². The summed E-state index contributed by atoms with van der Waals surface area (Å²) in [5.74, 6) is 0.541. The summed E-state index contributed by atoms with van der Waals surface area (Å²) in [6.07, 6.45) is 1.61. The van der Waals surface area contributed by atoms with Gasteiger partial charge in [-0.1, -0.05) is 6.07 Å². The van der Waals surface area contributed by atoms with Crippen molar-refractivity contribution in [1.82, 2.24) is 15.1 Å². The average molecular weight is 320 g/mol. The van der Waals surface area contributed by atoms with Crippen LogP contribution in [-0.4, -0.2) is 22.9 Å². The van der Waals surface area contributed by atoms with Crippen LogP contribution in [0.15, 0.2) is 30.5 Å². The molecule has 1 aromatic carbocycles. The molecule has 0 fully saturated rings. The van der Waals surface area contributed by atoms with Gasteiger partial charge in [0.25, 0.3) is 0 Å². The van der Waals surface area contributed by atoms with Gasteiger partial charge < -0.3 is 10.1 Å². The van der Waals surface area contributed by atoms with Crippen LogP contribution in [0.1, 0.15) is 38.4 Å². The highest BCUT2D eigenvalue weighted by molar-refractivity contribution is 5.88. The third kappa shape index (κ3) is 3.80. The zero-order chi connectivity index (χ0) is 17.0. The number of hydrogen-bond donors (Lipinski definition) is 2. The molecule has 2 N–H and O–H groups in total. The van der Waals surface area contributed by atoms with Crippen LogP contribution >= 0.6 is 0 Å². The number of rotatable bonds is 5. The van der Waals surface area contributed by atoms with E-state index in [0.29, 0.717) is 17.1 Å². The van der Waals surface area contributed by atoms with E-state index in [-0.39, 0.29) is 6.04 Å². The number of ether oxygens (including phenoxy) is 1. The van der Waals surface area contributed by atoms with Gasteiger partial charge in [0.1, 0.15) is 17.4 Å². The molecule has 0 radical (unpaired) electrons. The van der Waals surface area contributed by atoms with E-state index >= 15 is 0 Å². The van der Waals surface area contributed by atoms with Gasteiger partial charge in [0.15, 0.2) is 0 Å². The number of carbonyl (C=O) groups is 1. The third-order valence-electron chi connectivity index (χ3n) is 3.41. The smallest absolute Gasteiger partial charge is 0.320 e. The standard InChI is InChI=1S/C16H21FN4O2/c1-10(2)21-14(8-9-18-21)20-16(22)19-11(3)15-12(17)6-5-7-13(15)23-4/h5-11H,1-4H3,(H2,19,20,22)/t11-/m1/s1. The first-order chi connectivity index (χ1) is 10.9. The van der Waals surface area contributed by atoms with Gasteiger partial charge in [0.2, 0.25) is 0 Å². The number of anilines is 1. The highest BCUT2D eigenvalue weighted by Crippen LogP contribution is 2.27. The molecule has 0 saturated carbocycles. The van der Waals surface area contributed by atoms with E-state index in [1.54, 1.807) is 36.0 Å². The molecular formula is C16H21FN4O2. The average Bonchev–Trinajstić information content (AvgIpc) is 2.94. The van der Waals surface area contributed by atoms with Crippen LogP contribution in [0.4, 0.5) is 15.0 Å². The molecule has 0 aliphatic rings. The Morgan fingerprint density at radius 3 is 2.70 bits per heavy atom. The van der Waals surface area contributed by atoms with Gasteiger partial charge in [-0.15, -0.1) is 0 Å². The first-order valence-corrected chi connectivity index (χ1v) is 7.37. The predicted octanol–water partition coefficient (Wildman–Crippen LogP) is 3.49. The van der Waals surface area contributed by atoms with Crippen molar-refractivity contribution in [2.45, 2.75) is 32.9 Å². The number of amides is 2. The lowest BCUT2D eigenvalue weighted by atomic mass is 10.1.